The van der Waals surface area contributed by atoms with Gasteiger partial charge in [0.15, 0.2) is 0 Å². The molecular formula is C13H17NO2S. The number of ether oxygens (including phenoxy) is 1. The number of hydrogen-bond donors (Lipinski definition) is 1. The van der Waals surface area contributed by atoms with Crippen LogP contribution in [0.15, 0.2) is 35.2 Å². The fourth-order valence-corrected chi connectivity index (χ4v) is 2.50. The van der Waals surface area contributed by atoms with Gasteiger partial charge in [0.05, 0.1) is 11.9 Å². The van der Waals surface area contributed by atoms with Crippen LogP contribution in [-0.4, -0.2) is 30.9 Å². The Bertz CT molecular complexity index is 350. The lowest BCUT2D eigenvalue weighted by atomic mass is 10.2. The molecule has 17 heavy (non-hydrogen) atoms. The van der Waals surface area contributed by atoms with Gasteiger partial charge < -0.3 is 10.1 Å². The highest BCUT2D eigenvalue weighted by atomic mass is 32.2. The second kappa shape index (κ2) is 6.67. The maximum absolute atomic E-state index is 11.6. The highest BCUT2D eigenvalue weighted by Crippen LogP contribution is 2.16. The monoisotopic (exact) mass is 251 g/mol. The third kappa shape index (κ3) is 4.40. The van der Waals surface area contributed by atoms with Crippen molar-refractivity contribution in [2.24, 2.45) is 0 Å². The number of carbonyl (C=O) groups is 1. The molecule has 0 unspecified atom stereocenters. The number of carbonyl (C=O) groups excluding carboxylic acids is 1. The van der Waals surface area contributed by atoms with E-state index in [0.717, 1.165) is 24.3 Å². The van der Waals surface area contributed by atoms with Gasteiger partial charge in [-0.1, -0.05) is 18.2 Å². The van der Waals surface area contributed by atoms with Gasteiger partial charge in [-0.05, 0) is 25.0 Å². The molecule has 1 amide bonds. The minimum atomic E-state index is 0.0781. The number of benzene rings is 1. The van der Waals surface area contributed by atoms with Gasteiger partial charge in [0, 0.05) is 18.0 Å². The van der Waals surface area contributed by atoms with Crippen LogP contribution in [-0.2, 0) is 9.53 Å². The summed E-state index contributed by atoms with van der Waals surface area (Å²) in [5.74, 6) is 0.547. The fourth-order valence-electron chi connectivity index (χ4n) is 1.75. The Balaban J connectivity index is 1.64. The summed E-state index contributed by atoms with van der Waals surface area (Å²) in [6.45, 7) is 1.48. The SMILES string of the molecule is O=C(CSc1ccccc1)NC[C@H]1CCCO1. The van der Waals surface area contributed by atoms with E-state index in [2.05, 4.69) is 5.32 Å². The Morgan fingerprint density at radius 2 is 2.24 bits per heavy atom. The molecule has 0 aliphatic carbocycles. The maximum atomic E-state index is 11.6. The summed E-state index contributed by atoms with van der Waals surface area (Å²) in [6, 6.07) is 9.96. The molecule has 0 spiro atoms. The van der Waals surface area contributed by atoms with Crippen molar-refractivity contribution in [2.45, 2.75) is 23.8 Å². The number of nitrogens with one attached hydrogen (secondary N) is 1. The Kier molecular flexibility index (Phi) is 4.88. The van der Waals surface area contributed by atoms with E-state index in [1.165, 1.54) is 0 Å². The first-order valence-corrected chi connectivity index (χ1v) is 6.89. The molecule has 2 rings (SSSR count). The largest absolute Gasteiger partial charge is 0.376 e. The lowest BCUT2D eigenvalue weighted by Crippen LogP contribution is -2.32. The summed E-state index contributed by atoms with van der Waals surface area (Å²) in [5.41, 5.74) is 0. The molecule has 4 heteroatoms. The maximum Gasteiger partial charge on any atom is 0.230 e. The predicted molar refractivity (Wildman–Crippen MR) is 69.1 cm³/mol. The summed E-state index contributed by atoms with van der Waals surface area (Å²) in [4.78, 5) is 12.7. The Morgan fingerprint density at radius 3 is 2.94 bits per heavy atom. The summed E-state index contributed by atoms with van der Waals surface area (Å²) >= 11 is 1.56. The zero-order valence-corrected chi connectivity index (χ0v) is 10.5. The van der Waals surface area contributed by atoms with Gasteiger partial charge in [-0.2, -0.15) is 0 Å². The van der Waals surface area contributed by atoms with Crippen molar-refractivity contribution < 1.29 is 9.53 Å². The van der Waals surface area contributed by atoms with Crippen LogP contribution in [0.1, 0.15) is 12.8 Å². The van der Waals surface area contributed by atoms with Crippen molar-refractivity contribution in [2.75, 3.05) is 18.9 Å². The first-order valence-electron chi connectivity index (χ1n) is 5.91. The van der Waals surface area contributed by atoms with Crippen LogP contribution in [0.2, 0.25) is 0 Å². The van der Waals surface area contributed by atoms with E-state index in [4.69, 9.17) is 4.74 Å². The molecule has 1 atom stereocenters. The average molecular weight is 251 g/mol. The highest BCUT2D eigenvalue weighted by molar-refractivity contribution is 8.00. The molecule has 0 saturated carbocycles. The third-order valence-electron chi connectivity index (χ3n) is 2.66. The lowest BCUT2D eigenvalue weighted by Gasteiger charge is -2.10. The van der Waals surface area contributed by atoms with Gasteiger partial charge in [-0.3, -0.25) is 4.79 Å². The first kappa shape index (κ1) is 12.5. The number of thioether (sulfide) groups is 1. The van der Waals surface area contributed by atoms with Crippen molar-refractivity contribution in [3.8, 4) is 0 Å². The molecule has 1 aliphatic heterocycles. The fraction of sp³-hybridized carbons (Fsp3) is 0.462. The number of rotatable bonds is 5. The van der Waals surface area contributed by atoms with Crippen molar-refractivity contribution in [1.82, 2.24) is 5.32 Å². The van der Waals surface area contributed by atoms with E-state index in [1.807, 2.05) is 30.3 Å². The van der Waals surface area contributed by atoms with E-state index in [9.17, 15) is 4.79 Å². The normalized spacial score (nSPS) is 19.2. The van der Waals surface area contributed by atoms with Gasteiger partial charge in [0.1, 0.15) is 0 Å². The minimum Gasteiger partial charge on any atom is -0.376 e. The van der Waals surface area contributed by atoms with Gasteiger partial charge >= 0.3 is 0 Å². The zero-order chi connectivity index (χ0) is 11.9. The summed E-state index contributed by atoms with van der Waals surface area (Å²) in [5, 5.41) is 2.91. The van der Waals surface area contributed by atoms with Crippen LogP contribution in [0.5, 0.6) is 0 Å². The Labute approximate surface area is 106 Å². The lowest BCUT2D eigenvalue weighted by molar-refractivity contribution is -0.119. The topological polar surface area (TPSA) is 38.3 Å². The number of hydrogen-bond acceptors (Lipinski definition) is 3. The molecule has 1 heterocycles. The molecule has 1 fully saturated rings. The van der Waals surface area contributed by atoms with Crippen LogP contribution in [0.25, 0.3) is 0 Å². The van der Waals surface area contributed by atoms with Crippen LogP contribution >= 0.6 is 11.8 Å². The number of amides is 1. The average Bonchev–Trinajstić information content (AvgIpc) is 2.88. The van der Waals surface area contributed by atoms with Gasteiger partial charge in [0.2, 0.25) is 5.91 Å². The van der Waals surface area contributed by atoms with Crippen molar-refractivity contribution in [3.63, 3.8) is 0 Å². The van der Waals surface area contributed by atoms with Crippen LogP contribution in [0.3, 0.4) is 0 Å². The van der Waals surface area contributed by atoms with Gasteiger partial charge in [-0.15, -0.1) is 11.8 Å². The molecule has 0 bridgehead atoms. The molecule has 0 aromatic heterocycles. The van der Waals surface area contributed by atoms with Crippen LogP contribution in [0.4, 0.5) is 0 Å². The third-order valence-corrected chi connectivity index (χ3v) is 3.68. The predicted octanol–water partition coefficient (Wildman–Crippen LogP) is 2.07. The standard InChI is InChI=1S/C13H17NO2S/c15-13(14-9-11-5-4-8-16-11)10-17-12-6-2-1-3-7-12/h1-3,6-7,11H,4-5,8-10H2,(H,14,15)/t11-/m1/s1. The summed E-state index contributed by atoms with van der Waals surface area (Å²) < 4.78 is 5.44. The smallest absolute Gasteiger partial charge is 0.230 e. The quantitative estimate of drug-likeness (QED) is 0.814. The van der Waals surface area contributed by atoms with Gasteiger partial charge in [0.25, 0.3) is 0 Å². The van der Waals surface area contributed by atoms with E-state index >= 15 is 0 Å². The van der Waals surface area contributed by atoms with Crippen LogP contribution < -0.4 is 5.32 Å². The molecule has 1 N–H and O–H groups in total. The molecule has 1 saturated heterocycles. The molecule has 92 valence electrons. The molecule has 1 aromatic carbocycles. The first-order chi connectivity index (χ1) is 8.34. The van der Waals surface area contributed by atoms with Crippen molar-refractivity contribution in [1.29, 1.82) is 0 Å². The molecule has 1 aliphatic rings. The van der Waals surface area contributed by atoms with Crippen molar-refractivity contribution >= 4 is 17.7 Å². The Hall–Kier alpha value is -1.00. The van der Waals surface area contributed by atoms with Crippen molar-refractivity contribution in [3.05, 3.63) is 30.3 Å². The minimum absolute atomic E-state index is 0.0781. The zero-order valence-electron chi connectivity index (χ0n) is 9.72. The Morgan fingerprint density at radius 1 is 1.41 bits per heavy atom. The van der Waals surface area contributed by atoms with E-state index < -0.39 is 0 Å². The van der Waals surface area contributed by atoms with Crippen LogP contribution in [0, 0.1) is 0 Å². The summed E-state index contributed by atoms with van der Waals surface area (Å²) in [7, 11) is 0. The molecule has 0 radical (unpaired) electrons. The van der Waals surface area contributed by atoms with E-state index in [-0.39, 0.29) is 12.0 Å². The highest BCUT2D eigenvalue weighted by Gasteiger charge is 2.15. The second-order valence-corrected chi connectivity index (χ2v) is 5.09. The second-order valence-electron chi connectivity index (χ2n) is 4.04. The molecule has 1 aromatic rings. The summed E-state index contributed by atoms with van der Waals surface area (Å²) in [6.07, 6.45) is 2.39. The molecular weight excluding hydrogens is 234 g/mol. The van der Waals surface area contributed by atoms with Gasteiger partial charge in [-0.25, -0.2) is 0 Å². The molecule has 3 nitrogen and oxygen atoms in total. The van der Waals surface area contributed by atoms with E-state index in [1.54, 1.807) is 11.8 Å². The van der Waals surface area contributed by atoms with E-state index in [0.29, 0.717) is 12.3 Å².